The number of rotatable bonds is 6. The number of carbonyl (C=O) groups is 1. The number of nitrogens with one attached hydrogen (secondary N) is 2. The van der Waals surface area contributed by atoms with Gasteiger partial charge in [-0.3, -0.25) is 4.79 Å². The number of carbonyl (C=O) groups excluding carboxylic acids is 1. The lowest BCUT2D eigenvalue weighted by molar-refractivity contribution is -0.116. The molecule has 0 aromatic heterocycles. The largest absolute Gasteiger partial charge is 0.496 e. The molecule has 1 rings (SSSR count). The third kappa shape index (κ3) is 4.56. The van der Waals surface area contributed by atoms with Gasteiger partial charge in [-0.05, 0) is 25.5 Å². The molecule has 19 heavy (non-hydrogen) atoms. The maximum absolute atomic E-state index is 11.8. The zero-order valence-electron chi connectivity index (χ0n) is 12.5. The van der Waals surface area contributed by atoms with E-state index in [0.29, 0.717) is 19.0 Å². The first-order chi connectivity index (χ1) is 8.95. The van der Waals surface area contributed by atoms with Crippen LogP contribution in [0.4, 0.5) is 5.69 Å². The Morgan fingerprint density at radius 3 is 2.58 bits per heavy atom. The van der Waals surface area contributed by atoms with Crippen LogP contribution in [0.15, 0.2) is 12.1 Å². The number of hydrogen-bond donors (Lipinski definition) is 2. The Balaban J connectivity index is 2.64. The first-order valence-corrected chi connectivity index (χ1v) is 6.63. The summed E-state index contributed by atoms with van der Waals surface area (Å²) in [6.45, 7) is 8.75. The molecule has 2 N–H and O–H groups in total. The Hall–Kier alpha value is -1.55. The molecule has 106 valence electrons. The molecule has 1 aromatic carbocycles. The molecule has 1 aromatic rings. The van der Waals surface area contributed by atoms with Gasteiger partial charge in [-0.15, -0.1) is 0 Å². The Bertz CT molecular complexity index is 442. The van der Waals surface area contributed by atoms with Crippen LogP contribution in [0.2, 0.25) is 0 Å². The minimum atomic E-state index is 0.0159. The fraction of sp³-hybridized carbons (Fsp3) is 0.533. The monoisotopic (exact) mass is 264 g/mol. The molecule has 1 amide bonds. The highest BCUT2D eigenvalue weighted by atomic mass is 16.5. The minimum Gasteiger partial charge on any atom is -0.496 e. The summed E-state index contributed by atoms with van der Waals surface area (Å²) >= 11 is 0. The highest BCUT2D eigenvalue weighted by Crippen LogP contribution is 2.29. The third-order valence-corrected chi connectivity index (χ3v) is 2.99. The topological polar surface area (TPSA) is 50.4 Å². The first kappa shape index (κ1) is 15.5. The van der Waals surface area contributed by atoms with Crippen LogP contribution >= 0.6 is 0 Å². The summed E-state index contributed by atoms with van der Waals surface area (Å²) in [4.78, 5) is 11.8. The van der Waals surface area contributed by atoms with Crippen LogP contribution < -0.4 is 15.4 Å². The Morgan fingerprint density at radius 1 is 1.32 bits per heavy atom. The van der Waals surface area contributed by atoms with E-state index in [-0.39, 0.29) is 5.91 Å². The second kappa shape index (κ2) is 7.14. The van der Waals surface area contributed by atoms with Crippen molar-refractivity contribution in [1.82, 2.24) is 5.32 Å². The van der Waals surface area contributed by atoms with Gasteiger partial charge in [-0.2, -0.15) is 0 Å². The minimum absolute atomic E-state index is 0.0159. The average Bonchev–Trinajstić information content (AvgIpc) is 2.33. The van der Waals surface area contributed by atoms with Crippen LogP contribution in [0.5, 0.6) is 5.75 Å². The predicted octanol–water partition coefficient (Wildman–Crippen LogP) is 2.64. The van der Waals surface area contributed by atoms with Gasteiger partial charge in [0.2, 0.25) is 5.91 Å². The van der Waals surface area contributed by atoms with Crippen molar-refractivity contribution >= 4 is 11.6 Å². The summed E-state index contributed by atoms with van der Waals surface area (Å²) in [7, 11) is 1.65. The van der Waals surface area contributed by atoms with Gasteiger partial charge < -0.3 is 15.4 Å². The van der Waals surface area contributed by atoms with Gasteiger partial charge in [-0.1, -0.05) is 19.9 Å². The van der Waals surface area contributed by atoms with Crippen LogP contribution in [-0.4, -0.2) is 25.6 Å². The molecule has 0 fully saturated rings. The van der Waals surface area contributed by atoms with Crippen molar-refractivity contribution in [3.8, 4) is 5.75 Å². The molecule has 0 spiro atoms. The number of anilines is 1. The smallest absolute Gasteiger partial charge is 0.225 e. The fourth-order valence-electron chi connectivity index (χ4n) is 1.96. The first-order valence-electron chi connectivity index (χ1n) is 6.63. The van der Waals surface area contributed by atoms with E-state index in [1.807, 2.05) is 26.0 Å². The molecule has 0 aliphatic carbocycles. The van der Waals surface area contributed by atoms with Crippen LogP contribution in [0.1, 0.15) is 31.4 Å². The van der Waals surface area contributed by atoms with Crippen molar-refractivity contribution in [3.63, 3.8) is 0 Å². The molecule has 0 bridgehead atoms. The summed E-state index contributed by atoms with van der Waals surface area (Å²) in [6, 6.07) is 4.27. The summed E-state index contributed by atoms with van der Waals surface area (Å²) < 4.78 is 5.35. The quantitative estimate of drug-likeness (QED) is 0.830. The number of ether oxygens (including phenoxy) is 1. The molecule has 0 aliphatic heterocycles. The second-order valence-electron chi connectivity index (χ2n) is 5.00. The van der Waals surface area contributed by atoms with Crippen LogP contribution in [0.3, 0.4) is 0 Å². The van der Waals surface area contributed by atoms with E-state index in [2.05, 4.69) is 24.5 Å². The summed E-state index contributed by atoms with van der Waals surface area (Å²) in [5.41, 5.74) is 2.85. The van der Waals surface area contributed by atoms with Gasteiger partial charge in [0.15, 0.2) is 0 Å². The van der Waals surface area contributed by atoms with E-state index in [4.69, 9.17) is 4.74 Å². The van der Waals surface area contributed by atoms with Crippen molar-refractivity contribution in [2.45, 2.75) is 40.2 Å². The van der Waals surface area contributed by atoms with Gasteiger partial charge in [0, 0.05) is 30.3 Å². The molecule has 0 heterocycles. The van der Waals surface area contributed by atoms with Crippen LogP contribution in [-0.2, 0) is 4.79 Å². The lowest BCUT2D eigenvalue weighted by atomic mass is 10.1. The van der Waals surface area contributed by atoms with Crippen molar-refractivity contribution in [2.75, 3.05) is 19.0 Å². The third-order valence-electron chi connectivity index (χ3n) is 2.99. The van der Waals surface area contributed by atoms with Crippen molar-refractivity contribution in [2.24, 2.45) is 0 Å². The van der Waals surface area contributed by atoms with Gasteiger partial charge in [0.25, 0.3) is 0 Å². The summed E-state index contributed by atoms with van der Waals surface area (Å²) in [5.74, 6) is 0.847. The van der Waals surface area contributed by atoms with E-state index in [9.17, 15) is 4.79 Å². The van der Waals surface area contributed by atoms with Crippen molar-refractivity contribution < 1.29 is 9.53 Å². The average molecular weight is 264 g/mol. The maximum atomic E-state index is 11.8. The Labute approximate surface area is 115 Å². The SMILES string of the molecule is COc1c(C)ccc(NC(=O)CCNC(C)C)c1C. The lowest BCUT2D eigenvalue weighted by Gasteiger charge is -2.14. The van der Waals surface area contributed by atoms with Gasteiger partial charge in [0.05, 0.1) is 7.11 Å². The standard InChI is InChI=1S/C15H24N2O2/c1-10(2)16-9-8-14(18)17-13-7-6-11(3)15(19-5)12(13)4/h6-7,10,16H,8-9H2,1-5H3,(H,17,18). The molecular formula is C15H24N2O2. The second-order valence-corrected chi connectivity index (χ2v) is 5.00. The Kier molecular flexibility index (Phi) is 5.83. The number of methoxy groups -OCH3 is 1. The van der Waals surface area contributed by atoms with Crippen molar-refractivity contribution in [3.05, 3.63) is 23.3 Å². The van der Waals surface area contributed by atoms with Gasteiger partial charge in [0.1, 0.15) is 5.75 Å². The lowest BCUT2D eigenvalue weighted by Crippen LogP contribution is -2.27. The normalized spacial score (nSPS) is 10.6. The molecule has 4 heteroatoms. The van der Waals surface area contributed by atoms with Gasteiger partial charge in [-0.25, -0.2) is 0 Å². The number of hydrogen-bond acceptors (Lipinski definition) is 3. The fourth-order valence-corrected chi connectivity index (χ4v) is 1.96. The van der Waals surface area contributed by atoms with E-state index in [0.717, 1.165) is 22.6 Å². The zero-order valence-corrected chi connectivity index (χ0v) is 12.5. The molecule has 4 nitrogen and oxygen atoms in total. The van der Waals surface area contributed by atoms with E-state index in [1.165, 1.54) is 0 Å². The summed E-state index contributed by atoms with van der Waals surface area (Å²) in [6.07, 6.45) is 0.466. The molecule has 0 aliphatic rings. The predicted molar refractivity (Wildman–Crippen MR) is 78.9 cm³/mol. The van der Waals surface area contributed by atoms with Crippen LogP contribution in [0, 0.1) is 13.8 Å². The molecule has 0 saturated carbocycles. The maximum Gasteiger partial charge on any atom is 0.225 e. The highest BCUT2D eigenvalue weighted by molar-refractivity contribution is 5.92. The number of benzene rings is 1. The molecule has 0 radical (unpaired) electrons. The molecule has 0 saturated heterocycles. The van der Waals surface area contributed by atoms with Gasteiger partial charge >= 0.3 is 0 Å². The number of aryl methyl sites for hydroxylation is 1. The Morgan fingerprint density at radius 2 is 2.00 bits per heavy atom. The summed E-state index contributed by atoms with van der Waals surface area (Å²) in [5, 5.41) is 6.15. The highest BCUT2D eigenvalue weighted by Gasteiger charge is 2.10. The van der Waals surface area contributed by atoms with E-state index in [1.54, 1.807) is 7.11 Å². The van der Waals surface area contributed by atoms with E-state index >= 15 is 0 Å². The van der Waals surface area contributed by atoms with Crippen molar-refractivity contribution in [1.29, 1.82) is 0 Å². The molecule has 0 unspecified atom stereocenters. The van der Waals surface area contributed by atoms with E-state index < -0.39 is 0 Å². The zero-order chi connectivity index (χ0) is 14.4. The number of amides is 1. The molecule has 0 atom stereocenters. The van der Waals surface area contributed by atoms with Crippen LogP contribution in [0.25, 0.3) is 0 Å². The molecular weight excluding hydrogens is 240 g/mol.